The smallest absolute Gasteiger partial charge is 0.171 e. The van der Waals surface area contributed by atoms with Crippen LogP contribution in [-0.4, -0.2) is 38.0 Å². The molecule has 0 aliphatic rings. The lowest BCUT2D eigenvalue weighted by Crippen LogP contribution is -2.33. The molecule has 8 heteroatoms. The van der Waals surface area contributed by atoms with Crippen molar-refractivity contribution in [2.24, 2.45) is 5.11 Å². The van der Waals surface area contributed by atoms with Gasteiger partial charge < -0.3 is 9.47 Å². The minimum Gasteiger partial charge on any atom is -0.381 e. The fourth-order valence-electron chi connectivity index (χ4n) is 4.01. The molecular weight excluding hydrogens is 474 g/mol. The van der Waals surface area contributed by atoms with E-state index in [-0.39, 0.29) is 12.4 Å². The van der Waals surface area contributed by atoms with E-state index in [1.165, 1.54) is 30.4 Å². The number of azide groups is 1. The van der Waals surface area contributed by atoms with Gasteiger partial charge in [-0.25, -0.2) is 4.57 Å². The van der Waals surface area contributed by atoms with Crippen molar-refractivity contribution in [1.29, 1.82) is 0 Å². The Morgan fingerprint density at radius 1 is 0.778 bits per heavy atom. The molecule has 0 aliphatic carbocycles. The number of halogens is 1. The summed E-state index contributed by atoms with van der Waals surface area (Å²) in [5.41, 5.74) is 10.9. The zero-order valence-electron chi connectivity index (χ0n) is 21.8. The number of rotatable bonds is 22. The summed E-state index contributed by atoms with van der Waals surface area (Å²) >= 11 is 0. The van der Waals surface area contributed by atoms with Gasteiger partial charge in [-0.05, 0) is 74.6 Å². The van der Waals surface area contributed by atoms with Gasteiger partial charge in [-0.15, -0.1) is 12.4 Å². The highest BCUT2D eigenvalue weighted by molar-refractivity contribution is 5.85. The van der Waals surface area contributed by atoms with E-state index in [9.17, 15) is 0 Å². The molecule has 0 bridgehead atoms. The first kappa shape index (κ1) is 31.8. The van der Waals surface area contributed by atoms with Gasteiger partial charge in [0.15, 0.2) is 12.4 Å². The summed E-state index contributed by atoms with van der Waals surface area (Å²) in [6.07, 6.45) is 21.6. The van der Waals surface area contributed by atoms with E-state index in [1.54, 1.807) is 0 Å². The molecule has 2 aromatic heterocycles. The van der Waals surface area contributed by atoms with Crippen molar-refractivity contribution >= 4 is 12.4 Å². The highest BCUT2D eigenvalue weighted by atomic mass is 35.5. The number of nitrogens with zero attached hydrogens (tertiary/aromatic N) is 5. The molecule has 0 saturated heterocycles. The lowest BCUT2D eigenvalue weighted by atomic mass is 10.1. The van der Waals surface area contributed by atoms with Crippen molar-refractivity contribution in [2.45, 2.75) is 83.6 Å². The Morgan fingerprint density at radius 3 is 2.11 bits per heavy atom. The van der Waals surface area contributed by atoms with Crippen molar-refractivity contribution in [3.05, 3.63) is 70.6 Å². The maximum absolute atomic E-state index is 8.24. The van der Waals surface area contributed by atoms with Crippen LogP contribution in [0, 0.1) is 0 Å². The van der Waals surface area contributed by atoms with Crippen LogP contribution >= 0.6 is 12.4 Å². The molecule has 0 spiro atoms. The Kier molecular flexibility index (Phi) is 20.6. The topological polar surface area (TPSA) is 84.0 Å². The van der Waals surface area contributed by atoms with E-state index in [1.807, 2.05) is 18.5 Å². The standard InChI is InChI=1S/C28H44N5O2.ClH/c29-32-31-18-5-1-3-7-21-35-24-12-16-28-14-10-20-33(26-28)19-6-2-4-8-22-34-23-11-15-27-13-9-17-30-25-27;/h9-10,13-14,17,20,25-26H,1-8,11-12,15-16,18-19,21-24H2;1H/q+1;. The maximum Gasteiger partial charge on any atom is 0.171 e. The molecule has 2 rings (SSSR count). The summed E-state index contributed by atoms with van der Waals surface area (Å²) in [4.78, 5) is 6.92. The van der Waals surface area contributed by atoms with Crippen molar-refractivity contribution in [3.63, 3.8) is 0 Å². The fourth-order valence-corrected chi connectivity index (χ4v) is 4.01. The van der Waals surface area contributed by atoms with Gasteiger partial charge in [0.25, 0.3) is 0 Å². The number of pyridine rings is 2. The van der Waals surface area contributed by atoms with Gasteiger partial charge >= 0.3 is 0 Å². The molecule has 0 fully saturated rings. The molecule has 2 heterocycles. The van der Waals surface area contributed by atoms with Crippen molar-refractivity contribution in [3.8, 4) is 0 Å². The van der Waals surface area contributed by atoms with Gasteiger partial charge in [-0.1, -0.05) is 30.4 Å². The van der Waals surface area contributed by atoms with Crippen molar-refractivity contribution < 1.29 is 14.0 Å². The van der Waals surface area contributed by atoms with Gasteiger partial charge in [-0.2, -0.15) is 0 Å². The summed E-state index contributed by atoms with van der Waals surface area (Å²) < 4.78 is 13.9. The molecule has 0 aliphatic heterocycles. The van der Waals surface area contributed by atoms with E-state index in [0.29, 0.717) is 6.54 Å². The third-order valence-electron chi connectivity index (χ3n) is 5.97. The molecule has 0 unspecified atom stereocenters. The maximum atomic E-state index is 8.24. The minimum atomic E-state index is 0. The molecule has 36 heavy (non-hydrogen) atoms. The van der Waals surface area contributed by atoms with Gasteiger partial charge in [0.2, 0.25) is 0 Å². The highest BCUT2D eigenvalue weighted by Gasteiger charge is 2.03. The van der Waals surface area contributed by atoms with Gasteiger partial charge in [0, 0.05) is 68.3 Å². The van der Waals surface area contributed by atoms with Gasteiger partial charge in [0.05, 0.1) is 0 Å². The van der Waals surface area contributed by atoms with Crippen LogP contribution in [0.15, 0.2) is 54.2 Å². The molecule has 200 valence electrons. The molecular formula is C28H45ClN5O2+. The van der Waals surface area contributed by atoms with Crippen LogP contribution in [0.1, 0.15) is 75.3 Å². The van der Waals surface area contributed by atoms with E-state index in [2.05, 4.69) is 50.2 Å². The quantitative estimate of drug-likeness (QED) is 0.0563. The van der Waals surface area contributed by atoms with Crippen LogP contribution < -0.4 is 4.57 Å². The number of aryl methyl sites for hydroxylation is 3. The molecule has 0 N–H and O–H groups in total. The monoisotopic (exact) mass is 518 g/mol. The van der Waals surface area contributed by atoms with Crippen molar-refractivity contribution in [2.75, 3.05) is 33.0 Å². The molecule has 0 amide bonds. The van der Waals surface area contributed by atoms with E-state index in [0.717, 1.165) is 90.8 Å². The second-order valence-electron chi connectivity index (χ2n) is 9.03. The molecule has 7 nitrogen and oxygen atoms in total. The zero-order chi connectivity index (χ0) is 24.7. The second-order valence-corrected chi connectivity index (χ2v) is 9.03. The predicted molar refractivity (Wildman–Crippen MR) is 147 cm³/mol. The summed E-state index contributed by atoms with van der Waals surface area (Å²) in [5, 5.41) is 3.55. The minimum absolute atomic E-state index is 0. The SMILES string of the molecule is Cl.[N-]=[N+]=NCCCCCCOCCCc1ccc[n+](CCCCCCOCCCc2cccnc2)c1. The number of aromatic nitrogens is 2. The Hall–Kier alpha value is -2.18. The fraction of sp³-hybridized carbons (Fsp3) is 0.643. The largest absolute Gasteiger partial charge is 0.381 e. The van der Waals surface area contributed by atoms with Crippen LogP contribution in [0.3, 0.4) is 0 Å². The third-order valence-corrected chi connectivity index (χ3v) is 5.97. The molecule has 0 aromatic carbocycles. The van der Waals surface area contributed by atoms with E-state index < -0.39 is 0 Å². The first-order chi connectivity index (χ1) is 17.4. The molecule has 2 aromatic rings. The predicted octanol–water partition coefficient (Wildman–Crippen LogP) is 6.82. The molecule has 0 saturated carbocycles. The highest BCUT2D eigenvalue weighted by Crippen LogP contribution is 2.05. The summed E-state index contributed by atoms with van der Waals surface area (Å²) in [6, 6.07) is 8.49. The van der Waals surface area contributed by atoms with Crippen LogP contribution in [0.25, 0.3) is 10.4 Å². The first-order valence-corrected chi connectivity index (χ1v) is 13.4. The average molecular weight is 519 g/mol. The first-order valence-electron chi connectivity index (χ1n) is 13.4. The Balaban J connectivity index is 0.00000648. The van der Waals surface area contributed by atoms with Crippen molar-refractivity contribution in [1.82, 2.24) is 4.98 Å². The molecule has 0 radical (unpaired) electrons. The Labute approximate surface area is 223 Å². The second kappa shape index (κ2) is 23.2. The zero-order valence-corrected chi connectivity index (χ0v) is 22.6. The summed E-state index contributed by atoms with van der Waals surface area (Å²) in [7, 11) is 0. The van der Waals surface area contributed by atoms with E-state index >= 15 is 0 Å². The number of hydrogen-bond donors (Lipinski definition) is 0. The number of ether oxygens (including phenoxy) is 2. The van der Waals surface area contributed by atoms with E-state index in [4.69, 9.17) is 15.0 Å². The number of unbranched alkanes of at least 4 members (excludes halogenated alkanes) is 6. The molecule has 0 atom stereocenters. The Morgan fingerprint density at radius 2 is 1.42 bits per heavy atom. The van der Waals surface area contributed by atoms with Crippen LogP contribution in [0.2, 0.25) is 0 Å². The van der Waals surface area contributed by atoms with Crippen LogP contribution in [0.4, 0.5) is 0 Å². The normalized spacial score (nSPS) is 10.6. The third kappa shape index (κ3) is 17.3. The summed E-state index contributed by atoms with van der Waals surface area (Å²) in [5.74, 6) is 0. The number of hydrogen-bond acceptors (Lipinski definition) is 4. The lowest BCUT2D eigenvalue weighted by molar-refractivity contribution is -0.697. The summed E-state index contributed by atoms with van der Waals surface area (Å²) in [6.45, 7) is 5.04. The van der Waals surface area contributed by atoms with Crippen LogP contribution in [0.5, 0.6) is 0 Å². The Bertz CT molecular complexity index is 819. The average Bonchev–Trinajstić information content (AvgIpc) is 2.89. The van der Waals surface area contributed by atoms with Gasteiger partial charge in [-0.3, -0.25) is 4.98 Å². The van der Waals surface area contributed by atoms with Crippen LogP contribution in [-0.2, 0) is 28.9 Å². The van der Waals surface area contributed by atoms with Gasteiger partial charge in [0.1, 0.15) is 6.54 Å². The lowest BCUT2D eigenvalue weighted by Gasteiger charge is -2.05.